The van der Waals surface area contributed by atoms with Gasteiger partial charge in [-0.1, -0.05) is 0 Å². The van der Waals surface area contributed by atoms with Gasteiger partial charge in [-0.2, -0.15) is 0 Å². The number of carbonyl (C=O) groups is 2. The summed E-state index contributed by atoms with van der Waals surface area (Å²) in [4.78, 5) is 27.0. The summed E-state index contributed by atoms with van der Waals surface area (Å²) < 4.78 is 12.9. The second-order valence-electron chi connectivity index (χ2n) is 4.70. The molecule has 1 N–H and O–H groups in total. The Kier molecular flexibility index (Phi) is 5.38. The summed E-state index contributed by atoms with van der Waals surface area (Å²) >= 11 is 5.46. The fourth-order valence-corrected chi connectivity index (χ4v) is 2.29. The van der Waals surface area contributed by atoms with Crippen molar-refractivity contribution in [2.24, 2.45) is 0 Å². The number of amides is 2. The quantitative estimate of drug-likeness (QED) is 0.664. The summed E-state index contributed by atoms with van der Waals surface area (Å²) in [6.07, 6.45) is 0. The Morgan fingerprint density at radius 3 is 2.33 bits per heavy atom. The van der Waals surface area contributed by atoms with E-state index < -0.39 is 11.8 Å². The maximum Gasteiger partial charge on any atom is 0.312 e. The first-order chi connectivity index (χ1) is 10.1. The van der Waals surface area contributed by atoms with Crippen molar-refractivity contribution in [1.29, 1.82) is 0 Å². The third kappa shape index (κ3) is 4.07. The maximum atomic E-state index is 12.9. The monoisotopic (exact) mass is 313 g/mol. The average molecular weight is 314 g/mol. The Hall–Kier alpha value is -1.82. The van der Waals surface area contributed by atoms with Gasteiger partial charge in [0.2, 0.25) is 0 Å². The van der Waals surface area contributed by atoms with Crippen LogP contribution in [0, 0.1) is 5.82 Å². The van der Waals surface area contributed by atoms with Gasteiger partial charge in [-0.25, -0.2) is 4.39 Å². The SMILES string of the molecule is O=C(NCCCl)C(=O)N1CCN(c2ccc(F)cc2)CC1. The van der Waals surface area contributed by atoms with Gasteiger partial charge in [0.15, 0.2) is 0 Å². The molecule has 0 radical (unpaired) electrons. The smallest absolute Gasteiger partial charge is 0.312 e. The minimum atomic E-state index is -0.620. The molecule has 0 atom stereocenters. The number of hydrogen-bond acceptors (Lipinski definition) is 3. The molecule has 0 bridgehead atoms. The largest absolute Gasteiger partial charge is 0.368 e. The van der Waals surface area contributed by atoms with Crippen LogP contribution < -0.4 is 10.2 Å². The van der Waals surface area contributed by atoms with E-state index in [2.05, 4.69) is 10.2 Å². The Bertz CT molecular complexity index is 501. The zero-order chi connectivity index (χ0) is 15.2. The highest BCUT2D eigenvalue weighted by Gasteiger charge is 2.25. The highest BCUT2D eigenvalue weighted by atomic mass is 35.5. The summed E-state index contributed by atoms with van der Waals surface area (Å²) in [6.45, 7) is 2.43. The Morgan fingerprint density at radius 2 is 1.76 bits per heavy atom. The fraction of sp³-hybridized carbons (Fsp3) is 0.429. The van der Waals surface area contributed by atoms with Crippen molar-refractivity contribution in [3.05, 3.63) is 30.1 Å². The van der Waals surface area contributed by atoms with E-state index in [1.165, 1.54) is 17.0 Å². The van der Waals surface area contributed by atoms with Crippen molar-refractivity contribution in [1.82, 2.24) is 10.2 Å². The van der Waals surface area contributed by atoms with Crippen LogP contribution in [-0.2, 0) is 9.59 Å². The third-order valence-corrected chi connectivity index (χ3v) is 3.52. The summed E-state index contributed by atoms with van der Waals surface area (Å²) in [5.74, 6) is -1.15. The van der Waals surface area contributed by atoms with Crippen molar-refractivity contribution in [2.75, 3.05) is 43.5 Å². The molecule has 7 heteroatoms. The lowest BCUT2D eigenvalue weighted by molar-refractivity contribution is -0.146. The summed E-state index contributed by atoms with van der Waals surface area (Å²) in [5.41, 5.74) is 0.912. The first-order valence-corrected chi connectivity index (χ1v) is 7.29. The van der Waals surface area contributed by atoms with Gasteiger partial charge in [-0.3, -0.25) is 9.59 Å². The zero-order valence-corrected chi connectivity index (χ0v) is 12.3. The summed E-state index contributed by atoms with van der Waals surface area (Å²) in [5, 5.41) is 2.46. The minimum Gasteiger partial charge on any atom is -0.368 e. The Labute approximate surface area is 127 Å². The van der Waals surface area contributed by atoms with Gasteiger partial charge in [-0.05, 0) is 24.3 Å². The Balaban J connectivity index is 1.86. The highest BCUT2D eigenvalue weighted by molar-refractivity contribution is 6.35. The van der Waals surface area contributed by atoms with Crippen LogP contribution in [0.4, 0.5) is 10.1 Å². The average Bonchev–Trinajstić information content (AvgIpc) is 2.53. The number of hydrogen-bond donors (Lipinski definition) is 1. The number of nitrogens with one attached hydrogen (secondary N) is 1. The molecule has 0 saturated carbocycles. The number of alkyl halides is 1. The molecule has 1 fully saturated rings. The maximum absolute atomic E-state index is 12.9. The van der Waals surface area contributed by atoms with E-state index in [0.717, 1.165) is 5.69 Å². The van der Waals surface area contributed by atoms with Crippen LogP contribution in [0.15, 0.2) is 24.3 Å². The van der Waals surface area contributed by atoms with Gasteiger partial charge < -0.3 is 15.1 Å². The van der Waals surface area contributed by atoms with E-state index in [1.54, 1.807) is 12.1 Å². The molecule has 1 aliphatic heterocycles. The first-order valence-electron chi connectivity index (χ1n) is 6.75. The summed E-state index contributed by atoms with van der Waals surface area (Å²) in [7, 11) is 0. The van der Waals surface area contributed by atoms with Gasteiger partial charge in [-0.15, -0.1) is 11.6 Å². The van der Waals surface area contributed by atoms with E-state index in [4.69, 9.17) is 11.6 Å². The lowest BCUT2D eigenvalue weighted by atomic mass is 10.2. The van der Waals surface area contributed by atoms with E-state index >= 15 is 0 Å². The van der Waals surface area contributed by atoms with Crippen LogP contribution in [0.5, 0.6) is 0 Å². The van der Waals surface area contributed by atoms with Crippen LogP contribution in [0.2, 0.25) is 0 Å². The standard InChI is InChI=1S/C14H17ClFN3O2/c15-5-6-17-13(20)14(21)19-9-7-18(8-10-19)12-3-1-11(16)2-4-12/h1-4H,5-10H2,(H,17,20). The highest BCUT2D eigenvalue weighted by Crippen LogP contribution is 2.16. The van der Waals surface area contributed by atoms with Gasteiger partial charge in [0.1, 0.15) is 5.82 Å². The molecule has 0 spiro atoms. The normalized spacial score (nSPS) is 15.0. The number of nitrogens with zero attached hydrogens (tertiary/aromatic N) is 2. The number of halogens is 2. The first kappa shape index (κ1) is 15.6. The third-order valence-electron chi connectivity index (χ3n) is 3.33. The van der Waals surface area contributed by atoms with Crippen LogP contribution in [0.25, 0.3) is 0 Å². The van der Waals surface area contributed by atoms with Gasteiger partial charge >= 0.3 is 11.8 Å². The van der Waals surface area contributed by atoms with Crippen LogP contribution in [0.3, 0.4) is 0 Å². The molecule has 2 rings (SSSR count). The zero-order valence-electron chi connectivity index (χ0n) is 11.5. The lowest BCUT2D eigenvalue weighted by Crippen LogP contribution is -2.52. The summed E-state index contributed by atoms with van der Waals surface area (Å²) in [6, 6.07) is 6.24. The van der Waals surface area contributed by atoms with E-state index in [0.29, 0.717) is 26.2 Å². The molecule has 0 aliphatic carbocycles. The second kappa shape index (κ2) is 7.26. The molecular formula is C14H17ClFN3O2. The van der Waals surface area contributed by atoms with Crippen molar-refractivity contribution < 1.29 is 14.0 Å². The lowest BCUT2D eigenvalue weighted by Gasteiger charge is -2.35. The minimum absolute atomic E-state index is 0.275. The fourth-order valence-electron chi connectivity index (χ4n) is 2.20. The van der Waals surface area contributed by atoms with Gasteiger partial charge in [0, 0.05) is 44.3 Å². The van der Waals surface area contributed by atoms with E-state index in [1.807, 2.05) is 0 Å². The molecule has 114 valence electrons. The Morgan fingerprint density at radius 1 is 1.14 bits per heavy atom. The molecule has 21 heavy (non-hydrogen) atoms. The number of rotatable bonds is 3. The van der Waals surface area contributed by atoms with Crippen molar-refractivity contribution in [2.45, 2.75) is 0 Å². The molecule has 1 saturated heterocycles. The number of benzene rings is 1. The number of piperazine rings is 1. The van der Waals surface area contributed by atoms with Crippen molar-refractivity contribution >= 4 is 29.1 Å². The van der Waals surface area contributed by atoms with Crippen LogP contribution in [-0.4, -0.2) is 55.3 Å². The predicted molar refractivity (Wildman–Crippen MR) is 78.9 cm³/mol. The topological polar surface area (TPSA) is 52.7 Å². The van der Waals surface area contributed by atoms with E-state index in [9.17, 15) is 14.0 Å². The molecule has 1 aliphatic rings. The van der Waals surface area contributed by atoms with Crippen LogP contribution in [0.1, 0.15) is 0 Å². The molecular weight excluding hydrogens is 297 g/mol. The molecule has 1 aromatic rings. The number of anilines is 1. The molecule has 5 nitrogen and oxygen atoms in total. The molecule has 0 aromatic heterocycles. The molecule has 0 unspecified atom stereocenters. The van der Waals surface area contributed by atoms with Crippen LogP contribution >= 0.6 is 11.6 Å². The number of carbonyl (C=O) groups excluding carboxylic acids is 2. The molecule has 2 amide bonds. The van der Waals surface area contributed by atoms with Crippen molar-refractivity contribution in [3.8, 4) is 0 Å². The van der Waals surface area contributed by atoms with Gasteiger partial charge in [0.25, 0.3) is 0 Å². The van der Waals surface area contributed by atoms with Gasteiger partial charge in [0.05, 0.1) is 0 Å². The molecule has 1 aromatic carbocycles. The van der Waals surface area contributed by atoms with E-state index in [-0.39, 0.29) is 18.2 Å². The second-order valence-corrected chi connectivity index (χ2v) is 5.08. The van der Waals surface area contributed by atoms with Crippen molar-refractivity contribution in [3.63, 3.8) is 0 Å². The predicted octanol–water partition coefficient (Wildman–Crippen LogP) is 0.829. The molecule has 1 heterocycles.